The normalized spacial score (nSPS) is 30.1. The SMILES string of the molecule is O=C(CC1CC1)N1CC2(C1)[C@@H](c1ccccc1)[C@@H](CO)N2CC1CCOCC1. The lowest BCUT2D eigenvalue weighted by Gasteiger charge is -2.71. The first-order valence-electron chi connectivity index (χ1n) is 11.0. The molecular weight excluding hydrogens is 352 g/mol. The molecule has 5 rings (SSSR count). The lowest BCUT2D eigenvalue weighted by molar-refractivity contribution is -0.201. The second-order valence-corrected chi connectivity index (χ2v) is 9.35. The number of hydrogen-bond acceptors (Lipinski definition) is 4. The monoisotopic (exact) mass is 384 g/mol. The average molecular weight is 385 g/mol. The van der Waals surface area contributed by atoms with Gasteiger partial charge in [-0.2, -0.15) is 0 Å². The second kappa shape index (κ2) is 7.43. The van der Waals surface area contributed by atoms with Crippen molar-refractivity contribution in [2.24, 2.45) is 11.8 Å². The van der Waals surface area contributed by atoms with Gasteiger partial charge in [-0.15, -0.1) is 0 Å². The summed E-state index contributed by atoms with van der Waals surface area (Å²) >= 11 is 0. The zero-order valence-electron chi connectivity index (χ0n) is 16.6. The molecule has 3 aliphatic heterocycles. The number of hydrogen-bond donors (Lipinski definition) is 1. The van der Waals surface area contributed by atoms with E-state index in [0.29, 0.717) is 23.7 Å². The van der Waals surface area contributed by atoms with Gasteiger partial charge in [0.25, 0.3) is 0 Å². The minimum absolute atomic E-state index is 0.00622. The van der Waals surface area contributed by atoms with E-state index < -0.39 is 0 Å². The number of ether oxygens (including phenoxy) is 1. The van der Waals surface area contributed by atoms with Crippen LogP contribution in [-0.2, 0) is 9.53 Å². The highest BCUT2D eigenvalue weighted by Crippen LogP contribution is 2.54. The molecule has 2 atom stereocenters. The third-order valence-electron chi connectivity index (χ3n) is 7.52. The largest absolute Gasteiger partial charge is 0.395 e. The summed E-state index contributed by atoms with van der Waals surface area (Å²) in [6.07, 6.45) is 5.38. The number of aliphatic hydroxyl groups excluding tert-OH is 1. The fourth-order valence-electron chi connectivity index (χ4n) is 5.75. The first kappa shape index (κ1) is 18.6. The van der Waals surface area contributed by atoms with Gasteiger partial charge in [0.1, 0.15) is 0 Å². The molecule has 4 fully saturated rings. The Morgan fingerprint density at radius 1 is 1.07 bits per heavy atom. The maximum Gasteiger partial charge on any atom is 0.222 e. The van der Waals surface area contributed by atoms with Crippen LogP contribution in [0.4, 0.5) is 0 Å². The quantitative estimate of drug-likeness (QED) is 0.817. The molecule has 1 aromatic carbocycles. The molecule has 152 valence electrons. The highest BCUT2D eigenvalue weighted by molar-refractivity contribution is 5.78. The van der Waals surface area contributed by atoms with Crippen LogP contribution in [0.3, 0.4) is 0 Å². The molecule has 3 saturated heterocycles. The number of nitrogens with zero attached hydrogens (tertiary/aromatic N) is 2. The van der Waals surface area contributed by atoms with E-state index in [9.17, 15) is 9.90 Å². The molecular formula is C23H32N2O3. The van der Waals surface area contributed by atoms with Crippen molar-refractivity contribution in [2.75, 3.05) is 39.5 Å². The van der Waals surface area contributed by atoms with Gasteiger partial charge in [0.15, 0.2) is 0 Å². The van der Waals surface area contributed by atoms with Crippen LogP contribution in [0.2, 0.25) is 0 Å². The Labute approximate surface area is 167 Å². The fourth-order valence-corrected chi connectivity index (χ4v) is 5.75. The van der Waals surface area contributed by atoms with Gasteiger partial charge in [0.2, 0.25) is 5.91 Å². The molecule has 0 unspecified atom stereocenters. The molecule has 28 heavy (non-hydrogen) atoms. The Hall–Kier alpha value is -1.43. The fraction of sp³-hybridized carbons (Fsp3) is 0.696. The van der Waals surface area contributed by atoms with Gasteiger partial charge in [-0.05, 0) is 43.1 Å². The van der Waals surface area contributed by atoms with Gasteiger partial charge < -0.3 is 14.7 Å². The van der Waals surface area contributed by atoms with Crippen molar-refractivity contribution in [3.05, 3.63) is 35.9 Å². The third kappa shape index (κ3) is 3.17. The van der Waals surface area contributed by atoms with Crippen LogP contribution in [0.15, 0.2) is 30.3 Å². The molecule has 1 N–H and O–H groups in total. The van der Waals surface area contributed by atoms with Crippen molar-refractivity contribution in [2.45, 2.75) is 49.6 Å². The van der Waals surface area contributed by atoms with Crippen molar-refractivity contribution in [3.63, 3.8) is 0 Å². The van der Waals surface area contributed by atoms with Crippen LogP contribution < -0.4 is 0 Å². The Morgan fingerprint density at radius 3 is 2.43 bits per heavy atom. The second-order valence-electron chi connectivity index (χ2n) is 9.35. The molecule has 5 nitrogen and oxygen atoms in total. The van der Waals surface area contributed by atoms with Crippen LogP contribution in [0.5, 0.6) is 0 Å². The van der Waals surface area contributed by atoms with E-state index in [2.05, 4.69) is 40.1 Å². The summed E-state index contributed by atoms with van der Waals surface area (Å²) in [6, 6.07) is 10.8. The summed E-state index contributed by atoms with van der Waals surface area (Å²) in [5, 5.41) is 10.2. The van der Waals surface area contributed by atoms with Crippen molar-refractivity contribution in [3.8, 4) is 0 Å². The molecule has 1 spiro atoms. The van der Waals surface area contributed by atoms with E-state index in [4.69, 9.17) is 4.74 Å². The Bertz CT molecular complexity index is 693. The van der Waals surface area contributed by atoms with Gasteiger partial charge in [0, 0.05) is 51.2 Å². The third-order valence-corrected chi connectivity index (χ3v) is 7.52. The summed E-state index contributed by atoms with van der Waals surface area (Å²) in [7, 11) is 0. The molecule has 1 aromatic rings. The molecule has 1 amide bonds. The van der Waals surface area contributed by atoms with Gasteiger partial charge in [0.05, 0.1) is 12.1 Å². The number of benzene rings is 1. The molecule has 1 aliphatic carbocycles. The van der Waals surface area contributed by atoms with Crippen LogP contribution >= 0.6 is 0 Å². The standard InChI is InChI=1S/C23H32N2O3/c26-14-20-22(19-4-2-1-3-5-19)23(25(20)13-18-8-10-28-11-9-18)15-24(16-23)21(27)12-17-6-7-17/h1-5,17-18,20,22,26H,6-16H2/t20-,22+/m1/s1. The van der Waals surface area contributed by atoms with Crippen molar-refractivity contribution in [1.82, 2.24) is 9.80 Å². The summed E-state index contributed by atoms with van der Waals surface area (Å²) in [4.78, 5) is 17.2. The summed E-state index contributed by atoms with van der Waals surface area (Å²) in [5.41, 5.74) is 1.31. The number of rotatable bonds is 6. The number of aliphatic hydroxyl groups is 1. The number of carbonyl (C=O) groups excluding carboxylic acids is 1. The minimum atomic E-state index is 0.00622. The van der Waals surface area contributed by atoms with Crippen LogP contribution in [-0.4, -0.2) is 71.8 Å². The molecule has 5 heteroatoms. The van der Waals surface area contributed by atoms with Crippen molar-refractivity contribution in [1.29, 1.82) is 0 Å². The van der Waals surface area contributed by atoms with Crippen LogP contribution in [0.25, 0.3) is 0 Å². The zero-order valence-corrected chi connectivity index (χ0v) is 16.6. The molecule has 4 aliphatic rings. The highest BCUT2D eigenvalue weighted by Gasteiger charge is 2.66. The molecule has 1 saturated carbocycles. The number of amides is 1. The Kier molecular flexibility index (Phi) is 4.93. The Morgan fingerprint density at radius 2 is 1.79 bits per heavy atom. The predicted molar refractivity (Wildman–Crippen MR) is 107 cm³/mol. The van der Waals surface area contributed by atoms with Gasteiger partial charge in [-0.3, -0.25) is 9.69 Å². The smallest absolute Gasteiger partial charge is 0.222 e. The maximum absolute atomic E-state index is 12.6. The van der Waals surface area contributed by atoms with Gasteiger partial charge in [-0.25, -0.2) is 0 Å². The summed E-state index contributed by atoms with van der Waals surface area (Å²) in [5.74, 6) is 1.91. The highest BCUT2D eigenvalue weighted by atomic mass is 16.5. The lowest BCUT2D eigenvalue weighted by Crippen LogP contribution is -2.85. The van der Waals surface area contributed by atoms with Gasteiger partial charge in [-0.1, -0.05) is 30.3 Å². The minimum Gasteiger partial charge on any atom is -0.395 e. The van der Waals surface area contributed by atoms with E-state index in [0.717, 1.165) is 52.1 Å². The summed E-state index contributed by atoms with van der Waals surface area (Å²) in [6.45, 7) is 4.53. The van der Waals surface area contributed by atoms with E-state index in [1.54, 1.807) is 0 Å². The maximum atomic E-state index is 12.6. The molecule has 0 bridgehead atoms. The van der Waals surface area contributed by atoms with Crippen LogP contribution in [0.1, 0.15) is 43.6 Å². The molecule has 3 heterocycles. The van der Waals surface area contributed by atoms with Crippen LogP contribution in [0, 0.1) is 11.8 Å². The average Bonchev–Trinajstić information content (AvgIpc) is 3.49. The molecule has 0 aromatic heterocycles. The first-order chi connectivity index (χ1) is 13.7. The van der Waals surface area contributed by atoms with Crippen molar-refractivity contribution >= 4 is 5.91 Å². The van der Waals surface area contributed by atoms with E-state index in [1.807, 2.05) is 0 Å². The summed E-state index contributed by atoms with van der Waals surface area (Å²) < 4.78 is 5.54. The van der Waals surface area contributed by atoms with Crippen molar-refractivity contribution < 1.29 is 14.6 Å². The van der Waals surface area contributed by atoms with E-state index >= 15 is 0 Å². The topological polar surface area (TPSA) is 53.0 Å². The van der Waals surface area contributed by atoms with E-state index in [1.165, 1.54) is 18.4 Å². The number of likely N-dealkylation sites (tertiary alicyclic amines) is 2. The van der Waals surface area contributed by atoms with Gasteiger partial charge >= 0.3 is 0 Å². The zero-order chi connectivity index (χ0) is 19.1. The lowest BCUT2D eigenvalue weighted by atomic mass is 9.60. The molecule has 0 radical (unpaired) electrons. The Balaban J connectivity index is 1.35. The first-order valence-corrected chi connectivity index (χ1v) is 11.0. The predicted octanol–water partition coefficient (Wildman–Crippen LogP) is 2.25. The number of carbonyl (C=O) groups is 1. The van der Waals surface area contributed by atoms with E-state index in [-0.39, 0.29) is 18.2 Å².